The molecule has 0 aromatic heterocycles. The first kappa shape index (κ1) is 16.9. The van der Waals surface area contributed by atoms with Gasteiger partial charge >= 0.3 is 0 Å². The lowest BCUT2D eigenvalue weighted by Gasteiger charge is -2.45. The third-order valence-corrected chi connectivity index (χ3v) is 5.01. The van der Waals surface area contributed by atoms with Crippen molar-refractivity contribution < 1.29 is 5.11 Å². The molecule has 0 aromatic carbocycles. The van der Waals surface area contributed by atoms with Crippen molar-refractivity contribution in [3.05, 3.63) is 0 Å². The van der Waals surface area contributed by atoms with E-state index in [0.29, 0.717) is 11.5 Å². The van der Waals surface area contributed by atoms with Crippen molar-refractivity contribution in [1.82, 2.24) is 4.90 Å². The topological polar surface area (TPSA) is 49.5 Å². The van der Waals surface area contributed by atoms with Crippen molar-refractivity contribution in [3.63, 3.8) is 0 Å². The van der Waals surface area contributed by atoms with E-state index in [-0.39, 0.29) is 24.1 Å². The van der Waals surface area contributed by atoms with E-state index in [1.165, 1.54) is 25.7 Å². The first-order chi connectivity index (χ1) is 8.58. The molecule has 0 radical (unpaired) electrons. The van der Waals surface area contributed by atoms with E-state index in [4.69, 9.17) is 5.73 Å². The lowest BCUT2D eigenvalue weighted by atomic mass is 9.74. The van der Waals surface area contributed by atoms with Gasteiger partial charge in [0.25, 0.3) is 0 Å². The normalized spacial score (nSPS) is 24.5. The van der Waals surface area contributed by atoms with Gasteiger partial charge < -0.3 is 10.8 Å². The second-order valence-electron chi connectivity index (χ2n) is 8.20. The molecule has 19 heavy (non-hydrogen) atoms. The van der Waals surface area contributed by atoms with Crippen LogP contribution in [0.15, 0.2) is 0 Å². The number of likely N-dealkylation sites (N-methyl/N-ethyl adjacent to an activating group) is 1. The van der Waals surface area contributed by atoms with Gasteiger partial charge in [-0.3, -0.25) is 4.90 Å². The largest absolute Gasteiger partial charge is 0.395 e. The molecule has 1 rings (SSSR count). The Hall–Kier alpha value is -0.120. The molecule has 0 bridgehead atoms. The summed E-state index contributed by atoms with van der Waals surface area (Å²) in [5, 5.41) is 9.74. The van der Waals surface area contributed by atoms with Crippen LogP contribution in [-0.2, 0) is 0 Å². The Balaban J connectivity index is 2.67. The summed E-state index contributed by atoms with van der Waals surface area (Å²) in [7, 11) is 2.13. The summed E-state index contributed by atoms with van der Waals surface area (Å²) >= 11 is 0. The van der Waals surface area contributed by atoms with Crippen LogP contribution >= 0.6 is 0 Å². The first-order valence-corrected chi connectivity index (χ1v) is 7.67. The number of hydrogen-bond acceptors (Lipinski definition) is 3. The van der Waals surface area contributed by atoms with Gasteiger partial charge in [-0.05, 0) is 43.6 Å². The first-order valence-electron chi connectivity index (χ1n) is 7.67. The second kappa shape index (κ2) is 6.11. The minimum Gasteiger partial charge on any atom is -0.395 e. The van der Waals surface area contributed by atoms with E-state index in [0.717, 1.165) is 0 Å². The Labute approximate surface area is 119 Å². The fourth-order valence-corrected chi connectivity index (χ4v) is 3.13. The van der Waals surface area contributed by atoms with Gasteiger partial charge in [-0.15, -0.1) is 0 Å². The minimum atomic E-state index is -0.00237. The van der Waals surface area contributed by atoms with Crippen LogP contribution in [-0.4, -0.2) is 41.8 Å². The predicted molar refractivity (Wildman–Crippen MR) is 82.1 cm³/mol. The van der Waals surface area contributed by atoms with Crippen molar-refractivity contribution in [2.75, 3.05) is 13.7 Å². The highest BCUT2D eigenvalue weighted by Crippen LogP contribution is 2.37. The van der Waals surface area contributed by atoms with Crippen LogP contribution < -0.4 is 5.73 Å². The number of aliphatic hydroxyl groups is 1. The van der Waals surface area contributed by atoms with Crippen molar-refractivity contribution >= 4 is 0 Å². The molecule has 1 aliphatic rings. The zero-order chi connectivity index (χ0) is 14.8. The summed E-state index contributed by atoms with van der Waals surface area (Å²) < 4.78 is 0. The molecule has 0 aliphatic heterocycles. The molecule has 0 spiro atoms. The summed E-state index contributed by atoms with van der Waals surface area (Å²) in [6.07, 6.45) is 4.98. The maximum atomic E-state index is 9.74. The molecule has 1 saturated carbocycles. The average molecular weight is 270 g/mol. The van der Waals surface area contributed by atoms with Crippen LogP contribution in [0.4, 0.5) is 0 Å². The van der Waals surface area contributed by atoms with Gasteiger partial charge in [-0.2, -0.15) is 0 Å². The second-order valence-corrected chi connectivity index (χ2v) is 8.20. The molecule has 0 saturated heterocycles. The van der Waals surface area contributed by atoms with Crippen LogP contribution in [0.1, 0.15) is 60.3 Å². The van der Waals surface area contributed by atoms with Crippen molar-refractivity contribution in [2.45, 2.75) is 78.4 Å². The highest BCUT2D eigenvalue weighted by Gasteiger charge is 2.36. The van der Waals surface area contributed by atoms with Crippen molar-refractivity contribution in [3.8, 4) is 0 Å². The molecule has 114 valence electrons. The van der Waals surface area contributed by atoms with Gasteiger partial charge in [0, 0.05) is 18.1 Å². The fourth-order valence-electron chi connectivity index (χ4n) is 3.13. The van der Waals surface area contributed by atoms with Crippen LogP contribution in [0.25, 0.3) is 0 Å². The van der Waals surface area contributed by atoms with E-state index in [9.17, 15) is 5.11 Å². The van der Waals surface area contributed by atoms with Gasteiger partial charge in [-0.1, -0.05) is 34.6 Å². The lowest BCUT2D eigenvalue weighted by molar-refractivity contribution is 0.0329. The summed E-state index contributed by atoms with van der Waals surface area (Å²) in [5.41, 5.74) is 6.87. The smallest absolute Gasteiger partial charge is 0.0602 e. The van der Waals surface area contributed by atoms with Gasteiger partial charge in [0.2, 0.25) is 0 Å². The zero-order valence-electron chi connectivity index (χ0n) is 13.7. The molecule has 0 heterocycles. The van der Waals surface area contributed by atoms with Crippen LogP contribution in [0.5, 0.6) is 0 Å². The Bertz CT molecular complexity index is 273. The van der Waals surface area contributed by atoms with Crippen LogP contribution in [0, 0.1) is 10.8 Å². The monoisotopic (exact) mass is 270 g/mol. The van der Waals surface area contributed by atoms with E-state index >= 15 is 0 Å². The maximum absolute atomic E-state index is 9.74. The summed E-state index contributed by atoms with van der Waals surface area (Å²) in [4.78, 5) is 2.34. The molecule has 1 fully saturated rings. The van der Waals surface area contributed by atoms with Gasteiger partial charge in [0.15, 0.2) is 0 Å². The Morgan fingerprint density at radius 1 is 1.26 bits per heavy atom. The minimum absolute atomic E-state index is 0.00237. The van der Waals surface area contributed by atoms with Gasteiger partial charge in [0.05, 0.1) is 6.61 Å². The Kier molecular flexibility index (Phi) is 5.44. The maximum Gasteiger partial charge on any atom is 0.0602 e. The summed E-state index contributed by atoms with van der Waals surface area (Å²) in [6, 6.07) is 0.627. The Morgan fingerprint density at radius 3 is 2.11 bits per heavy atom. The molecule has 3 heteroatoms. The Morgan fingerprint density at radius 2 is 1.74 bits per heavy atom. The molecule has 3 N–H and O–H groups in total. The van der Waals surface area contributed by atoms with E-state index in [1.807, 2.05) is 0 Å². The summed E-state index contributed by atoms with van der Waals surface area (Å²) in [6.45, 7) is 11.3. The molecular formula is C16H34N2O. The predicted octanol–water partition coefficient (Wildman–Crippen LogP) is 2.62. The molecule has 0 amide bonds. The summed E-state index contributed by atoms with van der Waals surface area (Å²) in [5.74, 6) is 0. The number of hydrogen-bond donors (Lipinski definition) is 2. The molecule has 3 nitrogen and oxygen atoms in total. The number of rotatable bonds is 4. The van der Waals surface area contributed by atoms with E-state index in [1.54, 1.807) is 0 Å². The standard InChI is InChI=1S/C16H34N2O/c1-15(2,3)14(17)13(11-19)18(6)12-7-9-16(4,5)10-8-12/h12-14,19H,7-11,17H2,1-6H3. The highest BCUT2D eigenvalue weighted by molar-refractivity contribution is 4.93. The number of nitrogens with two attached hydrogens (primary N) is 1. The molecule has 1 aliphatic carbocycles. The van der Waals surface area contributed by atoms with E-state index in [2.05, 4.69) is 46.6 Å². The molecule has 0 aromatic rings. The fraction of sp³-hybridized carbons (Fsp3) is 1.00. The molecular weight excluding hydrogens is 236 g/mol. The molecule has 2 atom stereocenters. The van der Waals surface area contributed by atoms with Crippen LogP contribution in [0.3, 0.4) is 0 Å². The third-order valence-electron chi connectivity index (χ3n) is 5.01. The lowest BCUT2D eigenvalue weighted by Crippen LogP contribution is -2.57. The van der Waals surface area contributed by atoms with Gasteiger partial charge in [-0.25, -0.2) is 0 Å². The highest BCUT2D eigenvalue weighted by atomic mass is 16.3. The molecule has 2 unspecified atom stereocenters. The third kappa shape index (κ3) is 4.44. The average Bonchev–Trinajstić information content (AvgIpc) is 2.28. The SMILES string of the molecule is CN(C1CCC(C)(C)CC1)C(CO)C(N)C(C)(C)C. The van der Waals surface area contributed by atoms with Gasteiger partial charge in [0.1, 0.15) is 0 Å². The zero-order valence-corrected chi connectivity index (χ0v) is 13.7. The van der Waals surface area contributed by atoms with E-state index < -0.39 is 0 Å². The number of aliphatic hydroxyl groups excluding tert-OH is 1. The number of nitrogens with zero attached hydrogens (tertiary/aromatic N) is 1. The van der Waals surface area contributed by atoms with Crippen molar-refractivity contribution in [1.29, 1.82) is 0 Å². The quantitative estimate of drug-likeness (QED) is 0.825. The van der Waals surface area contributed by atoms with Crippen LogP contribution in [0.2, 0.25) is 0 Å². The van der Waals surface area contributed by atoms with Crippen molar-refractivity contribution in [2.24, 2.45) is 16.6 Å².